The van der Waals surface area contributed by atoms with E-state index in [0.29, 0.717) is 0 Å². The van der Waals surface area contributed by atoms with Gasteiger partial charge in [-0.3, -0.25) is 0 Å². The molecular formula is C15H11N3S. The van der Waals surface area contributed by atoms with E-state index in [-0.39, 0.29) is 0 Å². The molecule has 0 amide bonds. The van der Waals surface area contributed by atoms with Gasteiger partial charge in [0.05, 0.1) is 17.4 Å². The highest BCUT2D eigenvalue weighted by Gasteiger charge is 2.13. The fraction of sp³-hybridized carbons (Fsp3) is 0.0667. The third kappa shape index (κ3) is 1.50. The Morgan fingerprint density at radius 2 is 1.89 bits per heavy atom. The van der Waals surface area contributed by atoms with Gasteiger partial charge in [-0.05, 0) is 24.6 Å². The molecule has 0 radical (unpaired) electrons. The summed E-state index contributed by atoms with van der Waals surface area (Å²) in [6.07, 6.45) is 0. The number of hydrogen-bond donors (Lipinski definition) is 1. The minimum atomic E-state index is 0.959. The number of aromatic nitrogens is 3. The van der Waals surface area contributed by atoms with Crippen molar-refractivity contribution >= 4 is 33.7 Å². The van der Waals surface area contributed by atoms with E-state index in [9.17, 15) is 0 Å². The van der Waals surface area contributed by atoms with Crippen LogP contribution in [0.25, 0.3) is 33.2 Å². The number of fused-ring (bicyclic) bond motifs is 2. The maximum Gasteiger partial charge on any atom is 0.114 e. The Balaban J connectivity index is 2.09. The first kappa shape index (κ1) is 10.7. The lowest BCUT2D eigenvalue weighted by Gasteiger charge is -2.01. The van der Waals surface area contributed by atoms with Gasteiger partial charge < -0.3 is 4.98 Å². The second-order valence-electron chi connectivity index (χ2n) is 4.61. The van der Waals surface area contributed by atoms with Crippen molar-refractivity contribution in [2.75, 3.05) is 0 Å². The first-order valence-electron chi connectivity index (χ1n) is 6.13. The number of para-hydroxylation sites is 1. The van der Waals surface area contributed by atoms with Crippen LogP contribution in [-0.4, -0.2) is 13.7 Å². The number of nitrogens with one attached hydrogen (secondary N) is 1. The molecule has 0 saturated heterocycles. The summed E-state index contributed by atoms with van der Waals surface area (Å²) in [5, 5.41) is 1.26. The lowest BCUT2D eigenvalue weighted by Crippen LogP contribution is -1.83. The Bertz CT molecular complexity index is 889. The van der Waals surface area contributed by atoms with Crippen LogP contribution in [0, 0.1) is 6.92 Å². The summed E-state index contributed by atoms with van der Waals surface area (Å²) in [5.74, 6) is 0. The molecule has 4 aromatic rings. The molecule has 2 heterocycles. The van der Waals surface area contributed by atoms with Gasteiger partial charge in [0.25, 0.3) is 0 Å². The third-order valence-corrected chi connectivity index (χ3v) is 4.06. The molecule has 4 rings (SSSR count). The van der Waals surface area contributed by atoms with Crippen LogP contribution < -0.4 is 0 Å². The summed E-state index contributed by atoms with van der Waals surface area (Å²) in [6, 6.07) is 14.5. The molecule has 0 aliphatic rings. The number of aryl methyl sites for hydroxylation is 1. The minimum absolute atomic E-state index is 0.959. The standard InChI is InChI=1S/C15H11N3S/c1-9-10-5-2-3-7-12(10)16-14(9)11-6-4-8-13-15(11)18-19-17-13/h2-8,16H,1H3. The fourth-order valence-electron chi connectivity index (χ4n) is 2.56. The van der Waals surface area contributed by atoms with E-state index >= 15 is 0 Å². The minimum Gasteiger partial charge on any atom is -0.354 e. The van der Waals surface area contributed by atoms with Gasteiger partial charge in [-0.25, -0.2) is 0 Å². The Morgan fingerprint density at radius 3 is 2.79 bits per heavy atom. The van der Waals surface area contributed by atoms with Gasteiger partial charge in [-0.1, -0.05) is 30.3 Å². The highest BCUT2D eigenvalue weighted by molar-refractivity contribution is 7.00. The number of rotatable bonds is 1. The molecule has 0 bridgehead atoms. The van der Waals surface area contributed by atoms with Gasteiger partial charge >= 0.3 is 0 Å². The summed E-state index contributed by atoms with van der Waals surface area (Å²) >= 11 is 1.26. The molecular weight excluding hydrogens is 254 g/mol. The zero-order chi connectivity index (χ0) is 12.8. The van der Waals surface area contributed by atoms with Crippen molar-refractivity contribution in [1.29, 1.82) is 0 Å². The van der Waals surface area contributed by atoms with Crippen LogP contribution in [-0.2, 0) is 0 Å². The van der Waals surface area contributed by atoms with Crippen LogP contribution in [0.2, 0.25) is 0 Å². The molecule has 0 spiro atoms. The van der Waals surface area contributed by atoms with Gasteiger partial charge in [-0.2, -0.15) is 8.75 Å². The molecule has 0 fully saturated rings. The molecule has 92 valence electrons. The number of aromatic amines is 1. The van der Waals surface area contributed by atoms with E-state index < -0.39 is 0 Å². The highest BCUT2D eigenvalue weighted by Crippen LogP contribution is 2.33. The molecule has 2 aromatic carbocycles. The van der Waals surface area contributed by atoms with E-state index in [4.69, 9.17) is 0 Å². The molecule has 4 heteroatoms. The molecule has 19 heavy (non-hydrogen) atoms. The average Bonchev–Trinajstić information content (AvgIpc) is 3.04. The molecule has 0 aliphatic carbocycles. The fourth-order valence-corrected chi connectivity index (χ4v) is 3.11. The zero-order valence-corrected chi connectivity index (χ0v) is 11.2. The Labute approximate surface area is 114 Å². The Hall–Kier alpha value is -2.20. The Morgan fingerprint density at radius 1 is 1.00 bits per heavy atom. The van der Waals surface area contributed by atoms with E-state index in [0.717, 1.165) is 27.8 Å². The summed E-state index contributed by atoms with van der Waals surface area (Å²) in [4.78, 5) is 3.50. The predicted molar refractivity (Wildman–Crippen MR) is 79.4 cm³/mol. The zero-order valence-electron chi connectivity index (χ0n) is 10.3. The third-order valence-electron chi connectivity index (χ3n) is 3.52. The topological polar surface area (TPSA) is 41.6 Å². The normalized spacial score (nSPS) is 11.4. The monoisotopic (exact) mass is 265 g/mol. The van der Waals surface area contributed by atoms with Crippen molar-refractivity contribution in [3.8, 4) is 11.3 Å². The summed E-state index contributed by atoms with van der Waals surface area (Å²) in [7, 11) is 0. The van der Waals surface area contributed by atoms with Crippen molar-refractivity contribution in [3.63, 3.8) is 0 Å². The number of benzene rings is 2. The molecule has 3 nitrogen and oxygen atoms in total. The highest BCUT2D eigenvalue weighted by atomic mass is 32.1. The maximum atomic E-state index is 4.42. The SMILES string of the molecule is Cc1c(-c2cccc3nsnc23)[nH]c2ccccc12. The lowest BCUT2D eigenvalue weighted by atomic mass is 10.1. The van der Waals surface area contributed by atoms with Crippen LogP contribution >= 0.6 is 11.7 Å². The summed E-state index contributed by atoms with van der Waals surface area (Å²) in [6.45, 7) is 2.15. The van der Waals surface area contributed by atoms with E-state index in [1.54, 1.807) is 0 Å². The molecule has 0 unspecified atom stereocenters. The van der Waals surface area contributed by atoms with Crippen LogP contribution in [0.5, 0.6) is 0 Å². The van der Waals surface area contributed by atoms with Crippen LogP contribution in [0.4, 0.5) is 0 Å². The van der Waals surface area contributed by atoms with Crippen molar-refractivity contribution in [3.05, 3.63) is 48.0 Å². The Kier molecular flexibility index (Phi) is 2.19. The van der Waals surface area contributed by atoms with E-state index in [2.05, 4.69) is 44.9 Å². The molecule has 1 N–H and O–H groups in total. The van der Waals surface area contributed by atoms with Crippen LogP contribution in [0.15, 0.2) is 42.5 Å². The molecule has 0 atom stereocenters. The second kappa shape index (κ2) is 3.90. The summed E-state index contributed by atoms with van der Waals surface area (Å²) < 4.78 is 8.72. The van der Waals surface area contributed by atoms with Gasteiger partial charge in [0.2, 0.25) is 0 Å². The van der Waals surface area contributed by atoms with Gasteiger partial charge in [-0.15, -0.1) is 0 Å². The van der Waals surface area contributed by atoms with E-state index in [1.807, 2.05) is 18.2 Å². The molecule has 0 saturated carbocycles. The van der Waals surface area contributed by atoms with Gasteiger partial charge in [0.15, 0.2) is 0 Å². The lowest BCUT2D eigenvalue weighted by molar-refractivity contribution is 1.41. The van der Waals surface area contributed by atoms with Gasteiger partial charge in [0, 0.05) is 16.5 Å². The average molecular weight is 265 g/mol. The van der Waals surface area contributed by atoms with Crippen LogP contribution in [0.1, 0.15) is 5.56 Å². The van der Waals surface area contributed by atoms with Crippen LogP contribution in [0.3, 0.4) is 0 Å². The van der Waals surface area contributed by atoms with Crippen molar-refractivity contribution in [2.24, 2.45) is 0 Å². The maximum absolute atomic E-state index is 4.42. The summed E-state index contributed by atoms with van der Waals surface area (Å²) in [5.41, 5.74) is 6.62. The van der Waals surface area contributed by atoms with Crippen molar-refractivity contribution in [1.82, 2.24) is 13.7 Å². The predicted octanol–water partition coefficient (Wildman–Crippen LogP) is 4.15. The number of hydrogen-bond acceptors (Lipinski definition) is 3. The second-order valence-corrected chi connectivity index (χ2v) is 5.14. The molecule has 2 aromatic heterocycles. The quantitative estimate of drug-likeness (QED) is 0.561. The first-order chi connectivity index (χ1) is 9.34. The van der Waals surface area contributed by atoms with E-state index in [1.165, 1.54) is 22.7 Å². The first-order valence-corrected chi connectivity index (χ1v) is 6.86. The number of nitrogens with zero attached hydrogens (tertiary/aromatic N) is 2. The smallest absolute Gasteiger partial charge is 0.114 e. The largest absolute Gasteiger partial charge is 0.354 e. The van der Waals surface area contributed by atoms with Crippen molar-refractivity contribution in [2.45, 2.75) is 6.92 Å². The van der Waals surface area contributed by atoms with Gasteiger partial charge in [0.1, 0.15) is 11.0 Å². The molecule has 0 aliphatic heterocycles. The van der Waals surface area contributed by atoms with Crippen molar-refractivity contribution < 1.29 is 0 Å². The number of H-pyrrole nitrogens is 1.